The standard InChI is InChI=1S/C13H7N3O7S/c17-14(18)9-1-2-12-7(4-9)3-8-5-10(15(19)20)6-11(16(21)22)13(8)24(12)23/h1-2,4-6H,3H2. The lowest BCUT2D eigenvalue weighted by Crippen LogP contribution is -2.12. The van der Waals surface area contributed by atoms with Crippen molar-refractivity contribution in [1.82, 2.24) is 0 Å². The van der Waals surface area contributed by atoms with E-state index in [0.717, 1.165) is 12.1 Å². The molecular weight excluding hydrogens is 342 g/mol. The molecular formula is C13H7N3O7S. The molecule has 0 bridgehead atoms. The number of hydrogen-bond donors (Lipinski definition) is 0. The molecule has 0 radical (unpaired) electrons. The molecule has 0 fully saturated rings. The summed E-state index contributed by atoms with van der Waals surface area (Å²) in [4.78, 5) is 30.9. The SMILES string of the molecule is O=[N+]([O-])c1ccc2c(c1)Cc1cc([N+](=O)[O-])cc([N+](=O)[O-])c1S2=O. The van der Waals surface area contributed by atoms with Gasteiger partial charge in [0.05, 0.1) is 31.6 Å². The van der Waals surface area contributed by atoms with Crippen molar-refractivity contribution in [1.29, 1.82) is 0 Å². The quantitative estimate of drug-likeness (QED) is 0.521. The zero-order chi connectivity index (χ0) is 17.6. The summed E-state index contributed by atoms with van der Waals surface area (Å²) < 4.78 is 12.7. The van der Waals surface area contributed by atoms with Crippen molar-refractivity contribution in [3.63, 3.8) is 0 Å². The second-order valence-corrected chi connectivity index (χ2v) is 6.35. The average Bonchev–Trinajstić information content (AvgIpc) is 2.53. The van der Waals surface area contributed by atoms with E-state index in [9.17, 15) is 34.6 Å². The first-order valence-corrected chi connectivity index (χ1v) is 7.59. The van der Waals surface area contributed by atoms with Gasteiger partial charge in [0.15, 0.2) is 0 Å². The minimum absolute atomic E-state index is 0.0133. The molecule has 11 heteroatoms. The molecule has 0 saturated heterocycles. The summed E-state index contributed by atoms with van der Waals surface area (Å²) in [5, 5.41) is 33.0. The van der Waals surface area contributed by atoms with Crippen molar-refractivity contribution in [2.45, 2.75) is 16.2 Å². The van der Waals surface area contributed by atoms with Crippen molar-refractivity contribution < 1.29 is 19.0 Å². The number of nitro benzene ring substituents is 3. The van der Waals surface area contributed by atoms with E-state index in [-0.39, 0.29) is 27.5 Å². The highest BCUT2D eigenvalue weighted by atomic mass is 32.2. The van der Waals surface area contributed by atoms with Crippen molar-refractivity contribution in [3.8, 4) is 0 Å². The van der Waals surface area contributed by atoms with E-state index in [0.29, 0.717) is 5.56 Å². The predicted octanol–water partition coefficient (Wildman–Crippen LogP) is 2.48. The molecule has 3 rings (SSSR count). The van der Waals surface area contributed by atoms with Crippen LogP contribution in [-0.2, 0) is 17.2 Å². The molecule has 0 spiro atoms. The Morgan fingerprint density at radius 3 is 2.04 bits per heavy atom. The Balaban J connectivity index is 2.24. The molecule has 1 aliphatic heterocycles. The van der Waals surface area contributed by atoms with Crippen LogP contribution in [0.4, 0.5) is 17.1 Å². The van der Waals surface area contributed by atoms with Gasteiger partial charge in [-0.1, -0.05) is 0 Å². The summed E-state index contributed by atoms with van der Waals surface area (Å²) in [6.07, 6.45) is -0.0133. The monoisotopic (exact) mass is 349 g/mol. The van der Waals surface area contributed by atoms with E-state index in [2.05, 4.69) is 0 Å². The van der Waals surface area contributed by atoms with E-state index < -0.39 is 36.9 Å². The van der Waals surface area contributed by atoms with E-state index >= 15 is 0 Å². The number of nitro groups is 3. The van der Waals surface area contributed by atoms with Crippen LogP contribution in [0.3, 0.4) is 0 Å². The minimum atomic E-state index is -1.95. The molecule has 0 N–H and O–H groups in total. The molecule has 0 aromatic heterocycles. The minimum Gasteiger partial charge on any atom is -0.258 e. The molecule has 1 heterocycles. The lowest BCUT2D eigenvalue weighted by Gasteiger charge is -2.18. The van der Waals surface area contributed by atoms with Crippen molar-refractivity contribution >= 4 is 27.9 Å². The normalized spacial score (nSPS) is 15.2. The van der Waals surface area contributed by atoms with Crippen LogP contribution in [0, 0.1) is 30.3 Å². The molecule has 2 aromatic carbocycles. The van der Waals surface area contributed by atoms with Crippen LogP contribution in [0.25, 0.3) is 0 Å². The first-order chi connectivity index (χ1) is 11.3. The molecule has 10 nitrogen and oxygen atoms in total. The fraction of sp³-hybridized carbons (Fsp3) is 0.0769. The number of nitrogens with zero attached hydrogens (tertiary/aromatic N) is 3. The van der Waals surface area contributed by atoms with Gasteiger partial charge in [0.1, 0.15) is 4.90 Å². The number of benzene rings is 2. The summed E-state index contributed by atoms with van der Waals surface area (Å²) in [6.45, 7) is 0. The highest BCUT2D eigenvalue weighted by molar-refractivity contribution is 7.85. The van der Waals surface area contributed by atoms with Gasteiger partial charge in [-0.15, -0.1) is 0 Å². The summed E-state index contributed by atoms with van der Waals surface area (Å²) in [7, 11) is -1.95. The molecule has 0 saturated carbocycles. The lowest BCUT2D eigenvalue weighted by molar-refractivity contribution is -0.396. The van der Waals surface area contributed by atoms with Gasteiger partial charge in [0.2, 0.25) is 0 Å². The highest BCUT2D eigenvalue weighted by Gasteiger charge is 2.33. The summed E-state index contributed by atoms with van der Waals surface area (Å²) in [5.74, 6) is 0. The van der Waals surface area contributed by atoms with Gasteiger partial charge in [-0.3, -0.25) is 30.3 Å². The summed E-state index contributed by atoms with van der Waals surface area (Å²) in [6, 6.07) is 5.56. The van der Waals surface area contributed by atoms with Gasteiger partial charge in [-0.25, -0.2) is 4.21 Å². The van der Waals surface area contributed by atoms with Gasteiger partial charge in [0, 0.05) is 29.5 Å². The molecule has 1 unspecified atom stereocenters. The molecule has 0 amide bonds. The topological polar surface area (TPSA) is 146 Å². The number of rotatable bonds is 3. The average molecular weight is 349 g/mol. The third-order valence-electron chi connectivity index (χ3n) is 3.56. The van der Waals surface area contributed by atoms with Crippen molar-refractivity contribution in [2.75, 3.05) is 0 Å². The van der Waals surface area contributed by atoms with E-state index in [1.54, 1.807) is 0 Å². The zero-order valence-electron chi connectivity index (χ0n) is 11.7. The first kappa shape index (κ1) is 15.7. The van der Waals surface area contributed by atoms with Crippen LogP contribution in [0.2, 0.25) is 0 Å². The van der Waals surface area contributed by atoms with E-state index in [4.69, 9.17) is 0 Å². The molecule has 122 valence electrons. The molecule has 1 aliphatic rings. The van der Waals surface area contributed by atoms with Crippen LogP contribution in [0.15, 0.2) is 40.1 Å². The number of fused-ring (bicyclic) bond motifs is 2. The van der Waals surface area contributed by atoms with Crippen LogP contribution < -0.4 is 0 Å². The fourth-order valence-corrected chi connectivity index (χ4v) is 4.03. The molecule has 0 aliphatic carbocycles. The molecule has 2 aromatic rings. The third-order valence-corrected chi connectivity index (χ3v) is 5.20. The summed E-state index contributed by atoms with van der Waals surface area (Å²) >= 11 is 0. The molecule has 1 atom stereocenters. The number of non-ortho nitro benzene ring substituents is 2. The fourth-order valence-electron chi connectivity index (χ4n) is 2.56. The van der Waals surface area contributed by atoms with E-state index in [1.165, 1.54) is 18.2 Å². The van der Waals surface area contributed by atoms with Gasteiger partial charge in [-0.05, 0) is 17.2 Å². The second-order valence-electron chi connectivity index (χ2n) is 4.96. The molecule has 24 heavy (non-hydrogen) atoms. The second kappa shape index (κ2) is 5.45. The first-order valence-electron chi connectivity index (χ1n) is 6.44. The van der Waals surface area contributed by atoms with Crippen molar-refractivity contribution in [2.24, 2.45) is 0 Å². The Bertz CT molecular complexity index is 957. The largest absolute Gasteiger partial charge is 0.292 e. The maximum atomic E-state index is 12.7. The Hall–Kier alpha value is -3.21. The maximum absolute atomic E-state index is 12.7. The Morgan fingerprint density at radius 2 is 1.46 bits per heavy atom. The Labute approximate surface area is 135 Å². The van der Waals surface area contributed by atoms with Crippen LogP contribution in [0.1, 0.15) is 11.1 Å². The van der Waals surface area contributed by atoms with Gasteiger partial charge >= 0.3 is 0 Å². The number of hydrogen-bond acceptors (Lipinski definition) is 7. The third kappa shape index (κ3) is 2.40. The predicted molar refractivity (Wildman–Crippen MR) is 80.3 cm³/mol. The smallest absolute Gasteiger partial charge is 0.258 e. The van der Waals surface area contributed by atoms with Gasteiger partial charge in [-0.2, -0.15) is 0 Å². The van der Waals surface area contributed by atoms with Crippen LogP contribution in [-0.4, -0.2) is 19.0 Å². The summed E-state index contributed by atoms with van der Waals surface area (Å²) in [5.41, 5.74) is -0.797. The maximum Gasteiger partial charge on any atom is 0.292 e. The lowest BCUT2D eigenvalue weighted by atomic mass is 10.0. The zero-order valence-corrected chi connectivity index (χ0v) is 12.5. The highest BCUT2D eigenvalue weighted by Crippen LogP contribution is 2.40. The Kier molecular flexibility index (Phi) is 3.56. The van der Waals surface area contributed by atoms with E-state index in [1.807, 2.05) is 0 Å². The van der Waals surface area contributed by atoms with Crippen LogP contribution in [0.5, 0.6) is 0 Å². The van der Waals surface area contributed by atoms with Gasteiger partial charge < -0.3 is 0 Å². The van der Waals surface area contributed by atoms with Crippen LogP contribution >= 0.6 is 0 Å². The van der Waals surface area contributed by atoms with Gasteiger partial charge in [0.25, 0.3) is 17.1 Å². The Morgan fingerprint density at radius 1 is 0.833 bits per heavy atom. The van der Waals surface area contributed by atoms with Crippen molar-refractivity contribution in [3.05, 3.63) is 71.8 Å².